The van der Waals surface area contributed by atoms with Crippen molar-refractivity contribution in [3.05, 3.63) is 0 Å². The summed E-state index contributed by atoms with van der Waals surface area (Å²) in [5.74, 6) is -1.49. The first kappa shape index (κ1) is 13.3. The van der Waals surface area contributed by atoms with E-state index in [0.717, 1.165) is 12.8 Å². The molecule has 0 aromatic rings. The van der Waals surface area contributed by atoms with E-state index < -0.39 is 11.9 Å². The maximum Gasteiger partial charge on any atom is 0.396 e. The fraction of sp³-hybridized carbons (Fsp3) is 0.833. The van der Waals surface area contributed by atoms with Gasteiger partial charge in [0.05, 0.1) is 32.0 Å². The molecule has 1 saturated heterocycles. The monoisotopic (exact) mass is 257 g/mol. The van der Waals surface area contributed by atoms with Gasteiger partial charge in [0.1, 0.15) is 0 Å². The third kappa shape index (κ3) is 3.20. The lowest BCUT2D eigenvalue weighted by atomic mass is 9.89. The van der Waals surface area contributed by atoms with Crippen molar-refractivity contribution in [1.29, 1.82) is 0 Å². The summed E-state index contributed by atoms with van der Waals surface area (Å²) in [7, 11) is 0. The van der Waals surface area contributed by atoms with Crippen molar-refractivity contribution in [1.82, 2.24) is 5.32 Å². The van der Waals surface area contributed by atoms with Crippen LogP contribution in [0.25, 0.3) is 0 Å². The van der Waals surface area contributed by atoms with Crippen molar-refractivity contribution < 1.29 is 23.8 Å². The standard InChI is InChI=1S/C12H19NO5/c1-2-16-12(15)11(14)13-8-3-4-9-10(7-8)18-6-5-17-9/h8-10H,2-7H2,1H3,(H,13,14). The van der Waals surface area contributed by atoms with Gasteiger partial charge < -0.3 is 19.5 Å². The van der Waals surface area contributed by atoms with E-state index in [1.165, 1.54) is 0 Å². The fourth-order valence-corrected chi connectivity index (χ4v) is 2.44. The normalized spacial score (nSPS) is 31.3. The highest BCUT2D eigenvalue weighted by Crippen LogP contribution is 2.26. The van der Waals surface area contributed by atoms with Crippen LogP contribution < -0.4 is 5.32 Å². The van der Waals surface area contributed by atoms with E-state index in [-0.39, 0.29) is 24.9 Å². The molecule has 1 N–H and O–H groups in total. The average molecular weight is 257 g/mol. The number of carbonyl (C=O) groups is 2. The maximum atomic E-state index is 11.5. The van der Waals surface area contributed by atoms with Crippen molar-refractivity contribution >= 4 is 11.9 Å². The first-order valence-corrected chi connectivity index (χ1v) is 6.41. The predicted octanol–water partition coefficient (Wildman–Crippen LogP) is 0.00220. The third-order valence-electron chi connectivity index (χ3n) is 3.27. The molecule has 1 aliphatic carbocycles. The molecular formula is C12H19NO5. The molecule has 2 fully saturated rings. The molecule has 2 rings (SSSR count). The lowest BCUT2D eigenvalue weighted by Gasteiger charge is -2.38. The van der Waals surface area contributed by atoms with Crippen LogP contribution in [0.4, 0.5) is 0 Å². The number of rotatable bonds is 2. The van der Waals surface area contributed by atoms with Crippen molar-refractivity contribution in [2.24, 2.45) is 0 Å². The Morgan fingerprint density at radius 3 is 2.67 bits per heavy atom. The van der Waals surface area contributed by atoms with E-state index in [0.29, 0.717) is 19.6 Å². The van der Waals surface area contributed by atoms with Crippen molar-refractivity contribution in [3.8, 4) is 0 Å². The van der Waals surface area contributed by atoms with Crippen LogP contribution in [0.15, 0.2) is 0 Å². The number of ether oxygens (including phenoxy) is 3. The molecule has 102 valence electrons. The zero-order valence-corrected chi connectivity index (χ0v) is 10.5. The van der Waals surface area contributed by atoms with Crippen LogP contribution in [0.2, 0.25) is 0 Å². The lowest BCUT2D eigenvalue weighted by Crippen LogP contribution is -2.50. The average Bonchev–Trinajstić information content (AvgIpc) is 2.39. The summed E-state index contributed by atoms with van der Waals surface area (Å²) in [6.07, 6.45) is 2.50. The molecule has 2 aliphatic rings. The minimum Gasteiger partial charge on any atom is -0.459 e. The summed E-state index contributed by atoms with van der Waals surface area (Å²) < 4.78 is 15.8. The topological polar surface area (TPSA) is 73.9 Å². The van der Waals surface area contributed by atoms with Gasteiger partial charge >= 0.3 is 11.9 Å². The maximum absolute atomic E-state index is 11.5. The zero-order chi connectivity index (χ0) is 13.0. The van der Waals surface area contributed by atoms with Crippen LogP contribution >= 0.6 is 0 Å². The number of carbonyl (C=O) groups excluding carboxylic acids is 2. The van der Waals surface area contributed by atoms with E-state index in [1.807, 2.05) is 0 Å². The summed E-state index contributed by atoms with van der Waals surface area (Å²) in [6, 6.07) is -0.0372. The quantitative estimate of drug-likeness (QED) is 0.557. The number of hydrogen-bond acceptors (Lipinski definition) is 5. The van der Waals surface area contributed by atoms with Crippen LogP contribution in [0.3, 0.4) is 0 Å². The highest BCUT2D eigenvalue weighted by molar-refractivity contribution is 6.32. The Bertz CT molecular complexity index is 320. The third-order valence-corrected chi connectivity index (χ3v) is 3.27. The molecule has 18 heavy (non-hydrogen) atoms. The Labute approximate surface area is 106 Å². The lowest BCUT2D eigenvalue weighted by molar-refractivity contribution is -0.162. The number of fused-ring (bicyclic) bond motifs is 1. The molecule has 0 radical (unpaired) electrons. The summed E-state index contributed by atoms with van der Waals surface area (Å²) >= 11 is 0. The molecule has 0 bridgehead atoms. The summed E-state index contributed by atoms with van der Waals surface area (Å²) in [4.78, 5) is 22.7. The number of esters is 1. The van der Waals surface area contributed by atoms with Gasteiger partial charge in [-0.3, -0.25) is 4.79 Å². The molecule has 6 nitrogen and oxygen atoms in total. The van der Waals surface area contributed by atoms with Crippen LogP contribution in [-0.2, 0) is 23.8 Å². The SMILES string of the molecule is CCOC(=O)C(=O)NC1CCC2OCCOC2C1. The minimum atomic E-state index is -0.819. The Morgan fingerprint density at radius 1 is 1.22 bits per heavy atom. The molecule has 1 aliphatic heterocycles. The summed E-state index contributed by atoms with van der Waals surface area (Å²) in [5.41, 5.74) is 0. The van der Waals surface area contributed by atoms with E-state index in [4.69, 9.17) is 9.47 Å². The first-order valence-electron chi connectivity index (χ1n) is 6.41. The van der Waals surface area contributed by atoms with Crippen LogP contribution in [-0.4, -0.2) is 49.9 Å². The molecule has 3 unspecified atom stereocenters. The predicted molar refractivity (Wildman–Crippen MR) is 61.9 cm³/mol. The highest BCUT2D eigenvalue weighted by atomic mass is 16.6. The van der Waals surface area contributed by atoms with Gasteiger partial charge in [0.15, 0.2) is 0 Å². The Kier molecular flexibility index (Phi) is 4.54. The zero-order valence-electron chi connectivity index (χ0n) is 10.5. The van der Waals surface area contributed by atoms with E-state index in [2.05, 4.69) is 10.1 Å². The number of hydrogen-bond donors (Lipinski definition) is 1. The Morgan fingerprint density at radius 2 is 1.94 bits per heavy atom. The fourth-order valence-electron chi connectivity index (χ4n) is 2.44. The highest BCUT2D eigenvalue weighted by Gasteiger charge is 2.35. The minimum absolute atomic E-state index is 0.0278. The second kappa shape index (κ2) is 6.15. The second-order valence-corrected chi connectivity index (χ2v) is 4.52. The molecular weight excluding hydrogens is 238 g/mol. The van der Waals surface area contributed by atoms with Gasteiger partial charge in [-0.25, -0.2) is 4.79 Å². The molecule has 1 saturated carbocycles. The van der Waals surface area contributed by atoms with Gasteiger partial charge in [0, 0.05) is 6.04 Å². The molecule has 0 spiro atoms. The van der Waals surface area contributed by atoms with Gasteiger partial charge in [-0.15, -0.1) is 0 Å². The second-order valence-electron chi connectivity index (χ2n) is 4.52. The molecule has 0 aromatic carbocycles. The summed E-state index contributed by atoms with van der Waals surface area (Å²) in [5, 5.41) is 2.69. The van der Waals surface area contributed by atoms with Crippen LogP contribution in [0.1, 0.15) is 26.2 Å². The Balaban J connectivity index is 1.80. The first-order chi connectivity index (χ1) is 8.70. The van der Waals surface area contributed by atoms with Gasteiger partial charge in [0.2, 0.25) is 0 Å². The number of amides is 1. The van der Waals surface area contributed by atoms with Gasteiger partial charge in [-0.05, 0) is 26.2 Å². The molecule has 0 aromatic heterocycles. The number of nitrogens with one attached hydrogen (secondary N) is 1. The van der Waals surface area contributed by atoms with Gasteiger partial charge in [0.25, 0.3) is 0 Å². The molecule has 3 atom stereocenters. The van der Waals surface area contributed by atoms with E-state index in [9.17, 15) is 9.59 Å². The van der Waals surface area contributed by atoms with Gasteiger partial charge in [-0.2, -0.15) is 0 Å². The molecule has 6 heteroatoms. The van der Waals surface area contributed by atoms with Crippen molar-refractivity contribution in [2.75, 3.05) is 19.8 Å². The van der Waals surface area contributed by atoms with Crippen molar-refractivity contribution in [3.63, 3.8) is 0 Å². The molecule has 1 heterocycles. The van der Waals surface area contributed by atoms with Crippen molar-refractivity contribution in [2.45, 2.75) is 44.4 Å². The molecule has 1 amide bonds. The van der Waals surface area contributed by atoms with Crippen LogP contribution in [0.5, 0.6) is 0 Å². The van der Waals surface area contributed by atoms with Crippen LogP contribution in [0, 0.1) is 0 Å². The van der Waals surface area contributed by atoms with E-state index in [1.54, 1.807) is 6.92 Å². The largest absolute Gasteiger partial charge is 0.459 e. The summed E-state index contributed by atoms with van der Waals surface area (Å²) in [6.45, 7) is 3.11. The van der Waals surface area contributed by atoms with Gasteiger partial charge in [-0.1, -0.05) is 0 Å². The Hall–Kier alpha value is -1.14. The smallest absolute Gasteiger partial charge is 0.396 e. The van der Waals surface area contributed by atoms with E-state index >= 15 is 0 Å².